The van der Waals surface area contributed by atoms with Crippen molar-refractivity contribution in [3.8, 4) is 0 Å². The summed E-state index contributed by atoms with van der Waals surface area (Å²) < 4.78 is 27.7. The normalized spacial score (nSPS) is 32.4. The Kier molecular flexibility index (Phi) is 7.22. The maximum absolute atomic E-state index is 14.6. The van der Waals surface area contributed by atoms with Crippen LogP contribution < -0.4 is 5.30 Å². The highest BCUT2D eigenvalue weighted by atomic mass is 31.2. The first-order valence-electron chi connectivity index (χ1n) is 15.3. The quantitative estimate of drug-likeness (QED) is 0.355. The fourth-order valence-corrected chi connectivity index (χ4v) is 9.61. The molecular formula is C35H45O3P. The lowest BCUT2D eigenvalue weighted by Gasteiger charge is -2.42. The molecule has 2 atom stereocenters. The molecule has 2 saturated carbocycles. The first-order valence-corrected chi connectivity index (χ1v) is 16.8. The molecule has 39 heavy (non-hydrogen) atoms. The monoisotopic (exact) mass is 544 g/mol. The summed E-state index contributed by atoms with van der Waals surface area (Å²) in [5.41, 5.74) is 8.20. The average Bonchev–Trinajstić information content (AvgIpc) is 2.94. The third-order valence-corrected chi connectivity index (χ3v) is 12.3. The van der Waals surface area contributed by atoms with E-state index in [1.807, 2.05) is 37.3 Å². The van der Waals surface area contributed by atoms with Gasteiger partial charge in [-0.2, -0.15) is 0 Å². The van der Waals surface area contributed by atoms with Gasteiger partial charge in [-0.15, -0.1) is 0 Å². The lowest BCUT2D eigenvalue weighted by Crippen LogP contribution is -2.30. The van der Waals surface area contributed by atoms with Crippen molar-refractivity contribution in [1.82, 2.24) is 0 Å². The van der Waals surface area contributed by atoms with E-state index in [4.69, 9.17) is 9.05 Å². The Morgan fingerprint density at radius 3 is 2.10 bits per heavy atom. The molecule has 0 radical (unpaired) electrons. The fourth-order valence-electron chi connectivity index (χ4n) is 7.79. The summed E-state index contributed by atoms with van der Waals surface area (Å²) >= 11 is 0. The highest BCUT2D eigenvalue weighted by Crippen LogP contribution is 2.58. The van der Waals surface area contributed by atoms with Crippen LogP contribution in [-0.4, -0.2) is 6.10 Å². The van der Waals surface area contributed by atoms with E-state index >= 15 is 0 Å². The van der Waals surface area contributed by atoms with Gasteiger partial charge in [0.05, 0.1) is 5.30 Å². The molecule has 2 fully saturated rings. The Labute approximate surface area is 235 Å². The molecule has 4 aliphatic carbocycles. The highest BCUT2D eigenvalue weighted by molar-refractivity contribution is 7.62. The largest absolute Gasteiger partial charge is 0.425 e. The second-order valence-electron chi connectivity index (χ2n) is 13.2. The van der Waals surface area contributed by atoms with Gasteiger partial charge in [0, 0.05) is 5.57 Å². The van der Waals surface area contributed by atoms with Gasteiger partial charge in [0.15, 0.2) is 0 Å². The zero-order valence-electron chi connectivity index (χ0n) is 24.4. The predicted octanol–water partition coefficient (Wildman–Crippen LogP) is 10.0. The van der Waals surface area contributed by atoms with E-state index in [0.717, 1.165) is 29.7 Å². The molecule has 3 nitrogen and oxygen atoms in total. The number of rotatable bonds is 3. The molecule has 1 aliphatic heterocycles. The van der Waals surface area contributed by atoms with Crippen LogP contribution in [-0.2, 0) is 13.6 Å². The van der Waals surface area contributed by atoms with Crippen LogP contribution >= 0.6 is 7.60 Å². The topological polar surface area (TPSA) is 35.5 Å². The van der Waals surface area contributed by atoms with Crippen LogP contribution in [0.1, 0.15) is 105 Å². The molecule has 0 spiro atoms. The predicted molar refractivity (Wildman–Crippen MR) is 161 cm³/mol. The maximum atomic E-state index is 14.6. The van der Waals surface area contributed by atoms with Crippen LogP contribution in [0, 0.1) is 10.8 Å². The average molecular weight is 545 g/mol. The molecule has 0 bridgehead atoms. The van der Waals surface area contributed by atoms with Crippen molar-refractivity contribution >= 4 is 12.9 Å². The number of allylic oxidation sites excluding steroid dienone is 7. The van der Waals surface area contributed by atoms with Crippen LogP contribution in [0.15, 0.2) is 87.8 Å². The number of hydrogen-bond acceptors (Lipinski definition) is 3. The summed E-state index contributed by atoms with van der Waals surface area (Å²) in [5.74, 6) is 0.728. The van der Waals surface area contributed by atoms with Gasteiger partial charge in [0.1, 0.15) is 11.9 Å². The minimum absolute atomic E-state index is 0.185. The molecule has 0 amide bonds. The molecule has 0 N–H and O–H groups in total. The number of benzene rings is 1. The minimum Gasteiger partial charge on any atom is -0.425 e. The van der Waals surface area contributed by atoms with Gasteiger partial charge in [0.25, 0.3) is 0 Å². The molecule has 6 rings (SSSR count). The van der Waals surface area contributed by atoms with Gasteiger partial charge in [-0.1, -0.05) is 94.4 Å². The van der Waals surface area contributed by atoms with E-state index in [1.54, 1.807) is 5.57 Å². The standard InChI is InChI=1S/C35H45O3P/c1-25-22-28(35(4)20-12-7-13-21-35)24-32-30-17-16-27(34(3)18-10-6-11-19-34)23-31(30)26(2)37-39(36,38-33(25)32)29-14-8-5-9-15-29/h5,8-9,14-15,22-24,33H,6-7,10-13,16-21H2,1-4H3/b31-26?,32-30-. The molecule has 1 aromatic rings. The lowest BCUT2D eigenvalue weighted by atomic mass is 9.65. The Hall–Kier alpha value is -2.09. The molecule has 208 valence electrons. The van der Waals surface area contributed by atoms with Crippen molar-refractivity contribution in [3.63, 3.8) is 0 Å². The second-order valence-corrected chi connectivity index (χ2v) is 15.1. The van der Waals surface area contributed by atoms with Crippen molar-refractivity contribution in [1.29, 1.82) is 0 Å². The highest BCUT2D eigenvalue weighted by Gasteiger charge is 2.42. The first-order chi connectivity index (χ1) is 18.7. The van der Waals surface area contributed by atoms with Crippen LogP contribution in [0.3, 0.4) is 0 Å². The summed E-state index contributed by atoms with van der Waals surface area (Å²) in [7, 11) is -3.61. The van der Waals surface area contributed by atoms with Crippen LogP contribution in [0.25, 0.3) is 0 Å². The molecule has 0 saturated heterocycles. The fraction of sp³-hybridized carbons (Fsp3) is 0.543. The molecule has 1 heterocycles. The van der Waals surface area contributed by atoms with Crippen molar-refractivity contribution in [2.24, 2.45) is 10.8 Å². The molecule has 5 aliphatic rings. The Morgan fingerprint density at radius 2 is 1.44 bits per heavy atom. The van der Waals surface area contributed by atoms with Crippen LogP contribution in [0.4, 0.5) is 0 Å². The first kappa shape index (κ1) is 27.1. The lowest BCUT2D eigenvalue weighted by molar-refractivity contribution is 0.213. The number of hydrogen-bond donors (Lipinski definition) is 0. The Balaban J connectivity index is 1.53. The molecule has 2 unspecified atom stereocenters. The summed E-state index contributed by atoms with van der Waals surface area (Å²) in [6.07, 6.45) is 21.7. The van der Waals surface area contributed by atoms with E-state index < -0.39 is 7.60 Å². The van der Waals surface area contributed by atoms with Gasteiger partial charge in [-0.3, -0.25) is 4.52 Å². The van der Waals surface area contributed by atoms with Gasteiger partial charge >= 0.3 is 7.60 Å². The van der Waals surface area contributed by atoms with E-state index in [-0.39, 0.29) is 16.9 Å². The van der Waals surface area contributed by atoms with Crippen molar-refractivity contribution in [3.05, 3.63) is 87.8 Å². The zero-order chi connectivity index (χ0) is 27.3. The van der Waals surface area contributed by atoms with Crippen LogP contribution in [0.2, 0.25) is 0 Å². The summed E-state index contributed by atoms with van der Waals surface area (Å²) in [6.45, 7) is 9.06. The molecular weight excluding hydrogens is 499 g/mol. The summed E-state index contributed by atoms with van der Waals surface area (Å²) in [4.78, 5) is 0. The van der Waals surface area contributed by atoms with E-state index in [2.05, 4.69) is 39.0 Å². The zero-order valence-corrected chi connectivity index (χ0v) is 25.2. The Bertz CT molecular complexity index is 1330. The smallest absolute Gasteiger partial charge is 0.411 e. The van der Waals surface area contributed by atoms with Gasteiger partial charge in [-0.25, -0.2) is 4.57 Å². The molecule has 1 aromatic carbocycles. The SMILES string of the molecule is CC1=CC(C2(C)CCCCC2)=C/C2=C3\CCC(C4(C)CCCCC4)=CC3=C(C)OP(=O)(c3ccccc3)OC12. The molecule has 0 aromatic heterocycles. The summed E-state index contributed by atoms with van der Waals surface area (Å²) in [5, 5.41) is 0.619. The van der Waals surface area contributed by atoms with Gasteiger partial charge in [-0.05, 0) is 97.6 Å². The van der Waals surface area contributed by atoms with E-state index in [9.17, 15) is 4.57 Å². The third-order valence-electron chi connectivity index (χ3n) is 10.4. The van der Waals surface area contributed by atoms with Gasteiger partial charge < -0.3 is 4.52 Å². The van der Waals surface area contributed by atoms with Crippen molar-refractivity contribution < 1.29 is 13.6 Å². The van der Waals surface area contributed by atoms with Crippen molar-refractivity contribution in [2.75, 3.05) is 0 Å². The third kappa shape index (κ3) is 5.00. The van der Waals surface area contributed by atoms with Gasteiger partial charge in [0.2, 0.25) is 0 Å². The van der Waals surface area contributed by atoms with E-state index in [1.165, 1.54) is 80.9 Å². The van der Waals surface area contributed by atoms with E-state index in [0.29, 0.717) is 5.30 Å². The van der Waals surface area contributed by atoms with Crippen molar-refractivity contribution in [2.45, 2.75) is 111 Å². The van der Waals surface area contributed by atoms with Crippen LogP contribution in [0.5, 0.6) is 0 Å². The maximum Gasteiger partial charge on any atom is 0.411 e. The molecule has 4 heteroatoms. The minimum atomic E-state index is -3.61. The second kappa shape index (κ2) is 10.4. The number of fused-ring (bicyclic) bond motifs is 2. The Morgan fingerprint density at radius 1 is 0.795 bits per heavy atom. The summed E-state index contributed by atoms with van der Waals surface area (Å²) in [6, 6.07) is 9.53.